The van der Waals surface area contributed by atoms with Crippen LogP contribution in [0.25, 0.3) is 10.9 Å². The van der Waals surface area contributed by atoms with Crippen LogP contribution in [-0.2, 0) is 9.59 Å². The van der Waals surface area contributed by atoms with Gasteiger partial charge in [0.05, 0.1) is 11.1 Å². The molecule has 0 radical (unpaired) electrons. The van der Waals surface area contributed by atoms with Gasteiger partial charge in [-0.2, -0.15) is 0 Å². The summed E-state index contributed by atoms with van der Waals surface area (Å²) in [4.78, 5) is 37.8. The monoisotopic (exact) mass is 302 g/mol. The van der Waals surface area contributed by atoms with E-state index in [1.807, 2.05) is 6.07 Å². The van der Waals surface area contributed by atoms with Gasteiger partial charge in [-0.3, -0.25) is 14.6 Å². The van der Waals surface area contributed by atoms with E-state index in [0.717, 1.165) is 10.9 Å². The van der Waals surface area contributed by atoms with Crippen LogP contribution in [0.1, 0.15) is 23.2 Å². The van der Waals surface area contributed by atoms with E-state index in [1.54, 1.807) is 24.3 Å². The third-order valence-corrected chi connectivity index (χ3v) is 3.10. The van der Waals surface area contributed by atoms with E-state index in [0.29, 0.717) is 0 Å². The van der Waals surface area contributed by atoms with Gasteiger partial charge < -0.3 is 15.5 Å². The molecule has 1 aromatic heterocycles. The molecule has 1 aromatic carbocycles. The van der Waals surface area contributed by atoms with Gasteiger partial charge in [-0.25, -0.2) is 4.79 Å². The lowest BCUT2D eigenvalue weighted by atomic mass is 10.1. The highest BCUT2D eigenvalue weighted by Crippen LogP contribution is 2.13. The molecular weight excluding hydrogens is 288 g/mol. The van der Waals surface area contributed by atoms with Crippen LogP contribution in [0, 0.1) is 0 Å². The van der Waals surface area contributed by atoms with Crippen molar-refractivity contribution in [2.45, 2.75) is 18.9 Å². The van der Waals surface area contributed by atoms with Gasteiger partial charge in [0.1, 0.15) is 6.04 Å². The number of pyridine rings is 1. The molecule has 2 aromatic rings. The van der Waals surface area contributed by atoms with Gasteiger partial charge >= 0.3 is 11.9 Å². The number of fused-ring (bicyclic) bond motifs is 1. The van der Waals surface area contributed by atoms with Crippen molar-refractivity contribution in [1.82, 2.24) is 10.3 Å². The Morgan fingerprint density at radius 1 is 1.18 bits per heavy atom. The first kappa shape index (κ1) is 15.4. The molecule has 1 atom stereocenters. The van der Waals surface area contributed by atoms with Crippen molar-refractivity contribution in [2.24, 2.45) is 0 Å². The highest BCUT2D eigenvalue weighted by Gasteiger charge is 2.21. The number of nitrogens with zero attached hydrogens (tertiary/aromatic N) is 1. The molecule has 0 fully saturated rings. The number of aromatic nitrogens is 1. The molecule has 0 bridgehead atoms. The fourth-order valence-corrected chi connectivity index (χ4v) is 1.96. The first-order valence-corrected chi connectivity index (χ1v) is 6.57. The van der Waals surface area contributed by atoms with E-state index in [-0.39, 0.29) is 18.4 Å². The van der Waals surface area contributed by atoms with Crippen molar-refractivity contribution in [3.63, 3.8) is 0 Å². The van der Waals surface area contributed by atoms with Crippen LogP contribution in [0.15, 0.2) is 36.5 Å². The number of rotatable bonds is 6. The van der Waals surface area contributed by atoms with Crippen LogP contribution in [0.4, 0.5) is 0 Å². The summed E-state index contributed by atoms with van der Waals surface area (Å²) in [5, 5.41) is 20.7. The third-order valence-electron chi connectivity index (χ3n) is 3.10. The fraction of sp³-hybridized carbons (Fsp3) is 0.200. The molecule has 3 N–H and O–H groups in total. The van der Waals surface area contributed by atoms with Crippen LogP contribution >= 0.6 is 0 Å². The number of hydrogen-bond acceptors (Lipinski definition) is 4. The van der Waals surface area contributed by atoms with Crippen LogP contribution in [0.3, 0.4) is 0 Å². The summed E-state index contributed by atoms with van der Waals surface area (Å²) in [7, 11) is 0. The molecule has 114 valence electrons. The summed E-state index contributed by atoms with van der Waals surface area (Å²) in [6.45, 7) is 0. The van der Waals surface area contributed by atoms with Gasteiger partial charge in [0.15, 0.2) is 0 Å². The predicted molar refractivity (Wildman–Crippen MR) is 77.5 cm³/mol. The van der Waals surface area contributed by atoms with E-state index in [4.69, 9.17) is 10.2 Å². The summed E-state index contributed by atoms with van der Waals surface area (Å²) in [6, 6.07) is 7.56. The lowest BCUT2D eigenvalue weighted by Gasteiger charge is -2.13. The molecule has 1 amide bonds. The minimum atomic E-state index is -1.27. The van der Waals surface area contributed by atoms with Crippen LogP contribution in [0.2, 0.25) is 0 Å². The largest absolute Gasteiger partial charge is 0.481 e. The quantitative estimate of drug-likeness (QED) is 0.740. The van der Waals surface area contributed by atoms with Crippen LogP contribution < -0.4 is 5.32 Å². The van der Waals surface area contributed by atoms with Crippen molar-refractivity contribution in [1.29, 1.82) is 0 Å². The molecule has 7 nitrogen and oxygen atoms in total. The molecule has 0 saturated carbocycles. The number of carbonyl (C=O) groups is 3. The highest BCUT2D eigenvalue weighted by molar-refractivity contribution is 5.99. The van der Waals surface area contributed by atoms with E-state index in [2.05, 4.69) is 10.3 Å². The smallest absolute Gasteiger partial charge is 0.326 e. The van der Waals surface area contributed by atoms with Crippen LogP contribution in [0.5, 0.6) is 0 Å². The number of carboxylic acid groups (broad SMARTS) is 2. The van der Waals surface area contributed by atoms with Gasteiger partial charge in [-0.1, -0.05) is 18.2 Å². The average Bonchev–Trinajstić information content (AvgIpc) is 2.50. The van der Waals surface area contributed by atoms with Gasteiger partial charge in [0.25, 0.3) is 5.91 Å². The molecular formula is C15H14N2O5. The maximum atomic E-state index is 12.1. The van der Waals surface area contributed by atoms with E-state index in [9.17, 15) is 14.4 Å². The molecule has 0 aliphatic rings. The Kier molecular flexibility index (Phi) is 4.67. The standard InChI is InChI=1S/C15H14N2O5/c18-13(19)6-5-12(15(21)22)17-14(20)10-7-9-3-1-2-4-11(9)16-8-10/h1-4,7-8,12H,5-6H2,(H,17,20)(H,18,19)(H,21,22)/t12-/m1/s1. The Bertz CT molecular complexity index is 729. The summed E-state index contributed by atoms with van der Waals surface area (Å²) < 4.78 is 0. The Hall–Kier alpha value is -2.96. The number of benzene rings is 1. The molecule has 0 spiro atoms. The number of carboxylic acids is 2. The molecule has 0 saturated heterocycles. The Balaban J connectivity index is 2.14. The number of para-hydroxylation sites is 1. The Morgan fingerprint density at radius 2 is 1.91 bits per heavy atom. The highest BCUT2D eigenvalue weighted by atomic mass is 16.4. The number of carbonyl (C=O) groups excluding carboxylic acids is 1. The molecule has 1 heterocycles. The zero-order valence-corrected chi connectivity index (χ0v) is 11.5. The summed E-state index contributed by atoms with van der Waals surface area (Å²) in [6.07, 6.45) is 0.832. The van der Waals surface area contributed by atoms with E-state index in [1.165, 1.54) is 6.20 Å². The number of aliphatic carboxylic acids is 2. The van der Waals surface area contributed by atoms with Crippen LogP contribution in [-0.4, -0.2) is 39.1 Å². The SMILES string of the molecule is O=C(O)CC[C@@H](NC(=O)c1cnc2ccccc2c1)C(=O)O. The molecule has 2 rings (SSSR count). The van der Waals surface area contributed by atoms with E-state index >= 15 is 0 Å². The molecule has 22 heavy (non-hydrogen) atoms. The number of hydrogen-bond donors (Lipinski definition) is 3. The fourth-order valence-electron chi connectivity index (χ4n) is 1.96. The van der Waals surface area contributed by atoms with Crippen molar-refractivity contribution in [3.8, 4) is 0 Å². The first-order valence-electron chi connectivity index (χ1n) is 6.57. The summed E-state index contributed by atoms with van der Waals surface area (Å²) >= 11 is 0. The topological polar surface area (TPSA) is 117 Å². The summed E-state index contributed by atoms with van der Waals surface area (Å²) in [5.41, 5.74) is 0.944. The second kappa shape index (κ2) is 6.66. The van der Waals surface area contributed by atoms with Crippen molar-refractivity contribution >= 4 is 28.7 Å². The minimum Gasteiger partial charge on any atom is -0.481 e. The van der Waals surface area contributed by atoms with E-state index < -0.39 is 23.9 Å². The lowest BCUT2D eigenvalue weighted by molar-refractivity contribution is -0.140. The lowest BCUT2D eigenvalue weighted by Crippen LogP contribution is -2.41. The Labute approximate surface area is 125 Å². The summed E-state index contributed by atoms with van der Waals surface area (Å²) in [5.74, 6) is -2.99. The normalized spacial score (nSPS) is 11.8. The number of amides is 1. The Morgan fingerprint density at radius 3 is 2.59 bits per heavy atom. The molecule has 0 unspecified atom stereocenters. The van der Waals surface area contributed by atoms with Crippen molar-refractivity contribution < 1.29 is 24.6 Å². The van der Waals surface area contributed by atoms with Crippen molar-refractivity contribution in [3.05, 3.63) is 42.1 Å². The third kappa shape index (κ3) is 3.78. The van der Waals surface area contributed by atoms with Gasteiger partial charge in [0.2, 0.25) is 0 Å². The van der Waals surface area contributed by atoms with Gasteiger partial charge in [-0.15, -0.1) is 0 Å². The second-order valence-electron chi connectivity index (χ2n) is 4.71. The maximum Gasteiger partial charge on any atom is 0.326 e. The second-order valence-corrected chi connectivity index (χ2v) is 4.71. The van der Waals surface area contributed by atoms with Gasteiger partial charge in [0, 0.05) is 18.0 Å². The first-order chi connectivity index (χ1) is 10.5. The van der Waals surface area contributed by atoms with Gasteiger partial charge in [-0.05, 0) is 18.6 Å². The zero-order valence-electron chi connectivity index (χ0n) is 11.5. The molecule has 0 aliphatic heterocycles. The average molecular weight is 302 g/mol. The zero-order chi connectivity index (χ0) is 16.1. The number of nitrogens with one attached hydrogen (secondary N) is 1. The van der Waals surface area contributed by atoms with Crippen molar-refractivity contribution in [2.75, 3.05) is 0 Å². The predicted octanol–water partition coefficient (Wildman–Crippen LogP) is 1.28. The molecule has 7 heteroatoms. The molecule has 0 aliphatic carbocycles. The minimum absolute atomic E-state index is 0.183. The maximum absolute atomic E-state index is 12.1.